The van der Waals surface area contributed by atoms with Crippen molar-refractivity contribution in [3.8, 4) is 22.3 Å². The SMILES string of the molecule is c1cc(-c2c3ccccc3cc3c2ccc2ccccc23)c2cc(-c3cccc4oc5ccc6ccccc6c5c34)ccc2c1. The summed E-state index contributed by atoms with van der Waals surface area (Å²) < 4.78 is 6.43. The molecule has 0 bridgehead atoms. The molecule has 10 aromatic rings. The third-order valence-corrected chi connectivity index (χ3v) is 9.62. The summed E-state index contributed by atoms with van der Waals surface area (Å²) in [5.41, 5.74) is 6.75. The molecule has 9 aromatic carbocycles. The molecule has 0 spiro atoms. The molecule has 1 heterocycles. The predicted octanol–water partition coefficient (Wildman–Crippen LogP) is 12.7. The van der Waals surface area contributed by atoms with Crippen molar-refractivity contribution in [3.63, 3.8) is 0 Å². The fourth-order valence-corrected chi connectivity index (χ4v) is 7.60. The summed E-state index contributed by atoms with van der Waals surface area (Å²) in [6.45, 7) is 0. The first-order chi connectivity index (χ1) is 22.3. The first kappa shape index (κ1) is 24.5. The third kappa shape index (κ3) is 3.56. The maximum Gasteiger partial charge on any atom is 0.136 e. The van der Waals surface area contributed by atoms with E-state index in [2.05, 4.69) is 158 Å². The van der Waals surface area contributed by atoms with Gasteiger partial charge in [0.25, 0.3) is 0 Å². The van der Waals surface area contributed by atoms with E-state index in [4.69, 9.17) is 4.42 Å². The van der Waals surface area contributed by atoms with Gasteiger partial charge in [-0.05, 0) is 100 Å². The molecule has 1 nitrogen and oxygen atoms in total. The molecule has 0 aliphatic rings. The van der Waals surface area contributed by atoms with Crippen molar-refractivity contribution < 1.29 is 4.42 Å². The van der Waals surface area contributed by atoms with E-state index in [9.17, 15) is 0 Å². The van der Waals surface area contributed by atoms with Crippen LogP contribution in [0.2, 0.25) is 0 Å². The highest BCUT2D eigenvalue weighted by molar-refractivity contribution is 6.24. The van der Waals surface area contributed by atoms with E-state index in [-0.39, 0.29) is 0 Å². The van der Waals surface area contributed by atoms with Crippen LogP contribution in [-0.4, -0.2) is 0 Å². The fraction of sp³-hybridized carbons (Fsp3) is 0. The molecule has 0 saturated carbocycles. The molecule has 208 valence electrons. The molecule has 45 heavy (non-hydrogen) atoms. The van der Waals surface area contributed by atoms with Crippen molar-refractivity contribution in [1.29, 1.82) is 0 Å². The smallest absolute Gasteiger partial charge is 0.136 e. The highest BCUT2D eigenvalue weighted by Crippen LogP contribution is 2.44. The second kappa shape index (κ2) is 9.29. The third-order valence-electron chi connectivity index (χ3n) is 9.62. The second-order valence-corrected chi connectivity index (χ2v) is 12.0. The van der Waals surface area contributed by atoms with Crippen LogP contribution >= 0.6 is 0 Å². The summed E-state index contributed by atoms with van der Waals surface area (Å²) in [6, 6.07) is 57.4. The van der Waals surface area contributed by atoms with Gasteiger partial charge in [0.2, 0.25) is 0 Å². The van der Waals surface area contributed by atoms with Crippen molar-refractivity contribution in [2.24, 2.45) is 0 Å². The lowest BCUT2D eigenvalue weighted by molar-refractivity contribution is 0.669. The first-order valence-electron chi connectivity index (χ1n) is 15.5. The normalized spacial score (nSPS) is 12.0. The number of hydrogen-bond donors (Lipinski definition) is 0. The number of hydrogen-bond acceptors (Lipinski definition) is 1. The van der Waals surface area contributed by atoms with Gasteiger partial charge in [-0.1, -0.05) is 133 Å². The predicted molar refractivity (Wildman–Crippen MR) is 192 cm³/mol. The molecule has 0 radical (unpaired) electrons. The Morgan fingerprint density at radius 2 is 0.933 bits per heavy atom. The van der Waals surface area contributed by atoms with Gasteiger partial charge in [-0.15, -0.1) is 0 Å². The van der Waals surface area contributed by atoms with E-state index in [1.807, 2.05) is 0 Å². The van der Waals surface area contributed by atoms with E-state index in [0.717, 1.165) is 11.2 Å². The molecule has 10 rings (SSSR count). The first-order valence-corrected chi connectivity index (χ1v) is 15.5. The molecular weight excluding hydrogens is 544 g/mol. The van der Waals surface area contributed by atoms with Crippen LogP contribution in [0, 0.1) is 0 Å². The van der Waals surface area contributed by atoms with Crippen LogP contribution in [0.3, 0.4) is 0 Å². The van der Waals surface area contributed by atoms with E-state index in [1.165, 1.54) is 86.9 Å². The zero-order valence-electron chi connectivity index (χ0n) is 24.4. The fourth-order valence-electron chi connectivity index (χ4n) is 7.60. The number of rotatable bonds is 2. The Balaban J connectivity index is 1.30. The Hall–Kier alpha value is -5.92. The van der Waals surface area contributed by atoms with Crippen LogP contribution in [0.5, 0.6) is 0 Å². The Bertz CT molecular complexity index is 2820. The van der Waals surface area contributed by atoms with Crippen LogP contribution < -0.4 is 0 Å². The van der Waals surface area contributed by atoms with E-state index >= 15 is 0 Å². The topological polar surface area (TPSA) is 13.1 Å². The minimum atomic E-state index is 0.916. The lowest BCUT2D eigenvalue weighted by Gasteiger charge is -2.16. The van der Waals surface area contributed by atoms with E-state index in [0.29, 0.717) is 0 Å². The molecule has 0 aliphatic heterocycles. The Labute approximate surface area is 259 Å². The van der Waals surface area contributed by atoms with Crippen molar-refractivity contribution >= 4 is 75.8 Å². The molecule has 0 fully saturated rings. The Morgan fingerprint density at radius 3 is 1.82 bits per heavy atom. The molecule has 0 amide bonds. The zero-order valence-corrected chi connectivity index (χ0v) is 24.4. The van der Waals surface area contributed by atoms with Gasteiger partial charge >= 0.3 is 0 Å². The van der Waals surface area contributed by atoms with E-state index < -0.39 is 0 Å². The van der Waals surface area contributed by atoms with Crippen LogP contribution in [0.1, 0.15) is 0 Å². The van der Waals surface area contributed by atoms with Crippen molar-refractivity contribution in [3.05, 3.63) is 158 Å². The zero-order chi connectivity index (χ0) is 29.5. The quantitative estimate of drug-likeness (QED) is 0.149. The maximum atomic E-state index is 6.43. The standard InChI is InChI=1S/C44H26O/c1-4-13-32-27(9-1)21-23-37-39(32)26-30-11-3-6-15-34(30)42(37)36-17-7-12-29-19-20-31(25-38(29)36)35-16-8-18-40-44(35)43-33-14-5-2-10-28(33)22-24-41(43)45-40/h1-26H. The lowest BCUT2D eigenvalue weighted by Crippen LogP contribution is -1.89. The van der Waals surface area contributed by atoms with Gasteiger partial charge in [-0.2, -0.15) is 0 Å². The Morgan fingerprint density at radius 1 is 0.311 bits per heavy atom. The molecule has 1 aromatic heterocycles. The highest BCUT2D eigenvalue weighted by Gasteiger charge is 2.18. The summed E-state index contributed by atoms with van der Waals surface area (Å²) in [4.78, 5) is 0. The average molecular weight is 571 g/mol. The number of fused-ring (bicyclic) bond motifs is 10. The number of benzene rings is 9. The van der Waals surface area contributed by atoms with Crippen molar-refractivity contribution in [2.45, 2.75) is 0 Å². The summed E-state index contributed by atoms with van der Waals surface area (Å²) in [5, 5.41) is 14.9. The van der Waals surface area contributed by atoms with Gasteiger partial charge in [0.1, 0.15) is 11.2 Å². The van der Waals surface area contributed by atoms with Crippen LogP contribution in [0.4, 0.5) is 0 Å². The molecule has 0 atom stereocenters. The second-order valence-electron chi connectivity index (χ2n) is 12.0. The van der Waals surface area contributed by atoms with Gasteiger partial charge in [-0.3, -0.25) is 0 Å². The molecule has 1 heteroatoms. The molecule has 0 saturated heterocycles. The van der Waals surface area contributed by atoms with Crippen molar-refractivity contribution in [2.75, 3.05) is 0 Å². The van der Waals surface area contributed by atoms with Gasteiger partial charge < -0.3 is 4.42 Å². The molecule has 0 N–H and O–H groups in total. The van der Waals surface area contributed by atoms with Crippen LogP contribution in [0.25, 0.3) is 98.1 Å². The summed E-state index contributed by atoms with van der Waals surface area (Å²) in [7, 11) is 0. The number of furan rings is 1. The highest BCUT2D eigenvalue weighted by atomic mass is 16.3. The maximum absolute atomic E-state index is 6.43. The molecule has 0 unspecified atom stereocenters. The lowest BCUT2D eigenvalue weighted by atomic mass is 9.87. The largest absolute Gasteiger partial charge is 0.456 e. The monoisotopic (exact) mass is 570 g/mol. The summed E-state index contributed by atoms with van der Waals surface area (Å²) in [5.74, 6) is 0. The average Bonchev–Trinajstić information content (AvgIpc) is 3.50. The summed E-state index contributed by atoms with van der Waals surface area (Å²) in [6.07, 6.45) is 0. The van der Waals surface area contributed by atoms with E-state index in [1.54, 1.807) is 0 Å². The van der Waals surface area contributed by atoms with Gasteiger partial charge in [-0.25, -0.2) is 0 Å². The van der Waals surface area contributed by atoms with Crippen LogP contribution in [0.15, 0.2) is 162 Å². The molecule has 0 aliphatic carbocycles. The summed E-state index contributed by atoms with van der Waals surface area (Å²) >= 11 is 0. The minimum absolute atomic E-state index is 0.916. The minimum Gasteiger partial charge on any atom is -0.456 e. The van der Waals surface area contributed by atoms with Gasteiger partial charge in [0, 0.05) is 10.8 Å². The van der Waals surface area contributed by atoms with Crippen LogP contribution in [-0.2, 0) is 0 Å². The molecular formula is C44H26O. The van der Waals surface area contributed by atoms with Crippen molar-refractivity contribution in [1.82, 2.24) is 0 Å². The Kier molecular flexibility index (Phi) is 5.06. The van der Waals surface area contributed by atoms with Gasteiger partial charge in [0.05, 0.1) is 0 Å². The van der Waals surface area contributed by atoms with Gasteiger partial charge in [0.15, 0.2) is 0 Å².